The van der Waals surface area contributed by atoms with Gasteiger partial charge in [0.2, 0.25) is 0 Å². The van der Waals surface area contributed by atoms with E-state index in [-0.39, 0.29) is 22.6 Å². The number of nitrogens with two attached hydrogens (primary N) is 2. The molecule has 13 nitrogen and oxygen atoms in total. The molecule has 2 aromatic carbocycles. The topological polar surface area (TPSA) is 223 Å². The van der Waals surface area contributed by atoms with Gasteiger partial charge < -0.3 is 56.4 Å². The number of carbonyl (C=O) groups is 2. The van der Waals surface area contributed by atoms with Gasteiger partial charge in [-0.15, -0.1) is 11.3 Å². The summed E-state index contributed by atoms with van der Waals surface area (Å²) in [7, 11) is 0. The van der Waals surface area contributed by atoms with Crippen molar-refractivity contribution < 1.29 is 43.9 Å². The number of rotatable bonds is 16. The Morgan fingerprint density at radius 3 is 1.80 bits per heavy atom. The van der Waals surface area contributed by atoms with E-state index < -0.39 is 24.0 Å². The Morgan fingerprint density at radius 1 is 0.795 bits per heavy atom. The first-order valence-electron chi connectivity index (χ1n) is 13.5. The predicted octanol–water partition coefficient (Wildman–Crippen LogP) is 2.04. The Hall–Kier alpha value is -4.60. The van der Waals surface area contributed by atoms with E-state index in [9.17, 15) is 30.0 Å². The van der Waals surface area contributed by atoms with Gasteiger partial charge in [0.15, 0.2) is 0 Å². The number of aliphatic hydroxyl groups excluding tert-OH is 2. The maximum atomic E-state index is 11.1. The number of benzene rings is 2. The first-order chi connectivity index (χ1) is 21.2. The molecule has 0 aliphatic carbocycles. The van der Waals surface area contributed by atoms with Gasteiger partial charge in [0.25, 0.3) is 11.8 Å². The summed E-state index contributed by atoms with van der Waals surface area (Å²) in [5, 5.41) is 46.6. The quantitative estimate of drug-likeness (QED) is 0.0838. The molecule has 0 spiro atoms. The summed E-state index contributed by atoms with van der Waals surface area (Å²) in [6.07, 6.45) is 0.253. The maximum Gasteiger partial charge on any atom is 0.252 e. The molecule has 0 aliphatic rings. The molecule has 0 fully saturated rings. The van der Waals surface area contributed by atoms with Crippen LogP contribution in [0.25, 0.3) is 0 Å². The van der Waals surface area contributed by atoms with Crippen molar-refractivity contribution in [2.24, 2.45) is 11.5 Å². The Morgan fingerprint density at radius 2 is 1.34 bits per heavy atom. The van der Waals surface area contributed by atoms with E-state index in [0.717, 1.165) is 4.88 Å². The molecule has 0 saturated heterocycles. The molecular formula is C30H36N4O9S. The molecule has 2 atom stereocenters. The van der Waals surface area contributed by atoms with E-state index in [4.69, 9.17) is 25.4 Å². The van der Waals surface area contributed by atoms with Gasteiger partial charge in [0, 0.05) is 31.1 Å². The average Bonchev–Trinajstić information content (AvgIpc) is 3.74. The zero-order valence-corrected chi connectivity index (χ0v) is 24.5. The Labute approximate surface area is 257 Å². The summed E-state index contributed by atoms with van der Waals surface area (Å²) in [5.41, 5.74) is 10.3. The number of hydrogen-bond donors (Lipinski definition) is 8. The first-order valence-corrected chi connectivity index (χ1v) is 14.4. The van der Waals surface area contributed by atoms with Gasteiger partial charge >= 0.3 is 0 Å². The van der Waals surface area contributed by atoms with Crippen LogP contribution in [0, 0.1) is 0 Å². The second kappa shape index (κ2) is 17.5. The van der Waals surface area contributed by atoms with Gasteiger partial charge in [-0.25, -0.2) is 0 Å². The molecule has 0 radical (unpaired) electrons. The highest BCUT2D eigenvalue weighted by molar-refractivity contribution is 7.10. The van der Waals surface area contributed by atoms with E-state index >= 15 is 0 Å². The third-order valence-electron chi connectivity index (χ3n) is 5.98. The van der Waals surface area contributed by atoms with E-state index in [1.54, 1.807) is 24.3 Å². The smallest absolute Gasteiger partial charge is 0.252 e. The molecule has 0 saturated carbocycles. The van der Waals surface area contributed by atoms with Gasteiger partial charge in [-0.2, -0.15) is 0 Å². The van der Waals surface area contributed by atoms with Crippen molar-refractivity contribution in [1.82, 2.24) is 10.6 Å². The van der Waals surface area contributed by atoms with Crippen LogP contribution in [0.4, 0.5) is 0 Å². The van der Waals surface area contributed by atoms with Crippen molar-refractivity contribution in [3.63, 3.8) is 0 Å². The molecule has 2 heterocycles. The predicted molar refractivity (Wildman–Crippen MR) is 163 cm³/mol. The summed E-state index contributed by atoms with van der Waals surface area (Å²) < 4.78 is 16.0. The van der Waals surface area contributed by atoms with Gasteiger partial charge in [-0.05, 0) is 60.0 Å². The number of hydrogen-bond acceptors (Lipinski definition) is 12. The van der Waals surface area contributed by atoms with Crippen LogP contribution in [0.1, 0.15) is 43.6 Å². The molecule has 236 valence electrons. The number of thiophene rings is 1. The minimum absolute atomic E-state index is 0.0127. The summed E-state index contributed by atoms with van der Waals surface area (Å²) in [4.78, 5) is 23.1. The number of aliphatic hydroxyl groups is 2. The normalized spacial score (nSPS) is 12.0. The maximum absolute atomic E-state index is 11.1. The van der Waals surface area contributed by atoms with E-state index in [1.165, 1.54) is 41.9 Å². The number of nitrogens with one attached hydrogen (secondary N) is 2. The lowest BCUT2D eigenvalue weighted by Crippen LogP contribution is -2.26. The molecule has 4 rings (SSSR count). The first kappa shape index (κ1) is 33.9. The largest absolute Gasteiger partial charge is 0.507 e. The molecular weight excluding hydrogens is 592 g/mol. The minimum Gasteiger partial charge on any atom is -0.507 e. The molecule has 14 heteroatoms. The molecule has 4 aromatic rings. The Bertz CT molecular complexity index is 1340. The molecule has 2 unspecified atom stereocenters. The lowest BCUT2D eigenvalue weighted by molar-refractivity contribution is 0.0988. The van der Waals surface area contributed by atoms with Crippen LogP contribution in [0.15, 0.2) is 76.7 Å². The number of aromatic hydroxyl groups is 2. The minimum atomic E-state index is -0.720. The lowest BCUT2D eigenvalue weighted by Gasteiger charge is -2.11. The highest BCUT2D eigenvalue weighted by Gasteiger charge is 2.12. The fourth-order valence-corrected chi connectivity index (χ4v) is 4.44. The highest BCUT2D eigenvalue weighted by atomic mass is 32.1. The fraction of sp³-hybridized carbons (Fsp3) is 0.267. The van der Waals surface area contributed by atoms with Crippen LogP contribution in [0.3, 0.4) is 0 Å². The van der Waals surface area contributed by atoms with Crippen molar-refractivity contribution in [3.05, 3.63) is 94.1 Å². The number of ether oxygens (including phenoxy) is 2. The molecule has 44 heavy (non-hydrogen) atoms. The van der Waals surface area contributed by atoms with Crippen LogP contribution in [-0.4, -0.2) is 71.6 Å². The van der Waals surface area contributed by atoms with Crippen LogP contribution in [-0.2, 0) is 0 Å². The van der Waals surface area contributed by atoms with Gasteiger partial charge in [-0.1, -0.05) is 6.07 Å². The number of primary amides is 2. The molecule has 10 N–H and O–H groups in total. The second-order valence-corrected chi connectivity index (χ2v) is 10.2. The zero-order valence-electron chi connectivity index (χ0n) is 23.7. The van der Waals surface area contributed by atoms with E-state index in [2.05, 4.69) is 10.6 Å². The van der Waals surface area contributed by atoms with Crippen LogP contribution < -0.4 is 31.6 Å². The molecule has 0 aliphatic heterocycles. The van der Waals surface area contributed by atoms with Gasteiger partial charge in [0.05, 0.1) is 17.4 Å². The second-order valence-electron chi connectivity index (χ2n) is 9.25. The Balaban J connectivity index is 0.000000240. The summed E-state index contributed by atoms with van der Waals surface area (Å²) >= 11 is 1.51. The Kier molecular flexibility index (Phi) is 13.5. The summed E-state index contributed by atoms with van der Waals surface area (Å²) in [6.45, 7) is 2.48. The fourth-order valence-electron chi connectivity index (χ4n) is 3.73. The lowest BCUT2D eigenvalue weighted by atomic mass is 10.2. The number of furan rings is 1. The number of phenols is 2. The van der Waals surface area contributed by atoms with Crippen LogP contribution >= 0.6 is 11.3 Å². The van der Waals surface area contributed by atoms with E-state index in [0.29, 0.717) is 56.7 Å². The van der Waals surface area contributed by atoms with Crippen molar-refractivity contribution in [2.45, 2.75) is 12.2 Å². The van der Waals surface area contributed by atoms with Crippen molar-refractivity contribution in [2.75, 3.05) is 39.4 Å². The summed E-state index contributed by atoms with van der Waals surface area (Å²) in [5.74, 6) is -0.398. The van der Waals surface area contributed by atoms with Crippen LogP contribution in [0.5, 0.6) is 23.0 Å². The van der Waals surface area contributed by atoms with Crippen molar-refractivity contribution in [1.29, 1.82) is 0 Å². The SMILES string of the molecule is NC(=O)c1cc(OCCNCC(O)c2ccco2)ccc1O.NC(=O)c1cc(OCCNCC(O)c2cccs2)ccc1O. The van der Waals surface area contributed by atoms with E-state index in [1.807, 2.05) is 17.5 Å². The highest BCUT2D eigenvalue weighted by Crippen LogP contribution is 2.23. The third kappa shape index (κ3) is 10.9. The monoisotopic (exact) mass is 628 g/mol. The number of amides is 2. The van der Waals surface area contributed by atoms with Crippen LogP contribution in [0.2, 0.25) is 0 Å². The van der Waals surface area contributed by atoms with Gasteiger partial charge in [0.1, 0.15) is 54.2 Å². The molecule has 0 bridgehead atoms. The third-order valence-corrected chi connectivity index (χ3v) is 6.95. The van der Waals surface area contributed by atoms with Crippen molar-refractivity contribution >= 4 is 23.2 Å². The van der Waals surface area contributed by atoms with Gasteiger partial charge in [-0.3, -0.25) is 9.59 Å². The average molecular weight is 629 g/mol. The summed E-state index contributed by atoms with van der Waals surface area (Å²) in [6, 6.07) is 15.8. The standard InChI is InChI=1S/C15H18N2O5.C15H18N2O4S/c16-15(20)11-8-10(3-4-12(11)18)21-7-5-17-9-13(19)14-2-1-6-22-14;16-15(20)11-8-10(3-4-12(11)18)21-6-5-17-9-13(19)14-2-1-7-22-14/h1-4,6,8,13,17-19H,5,7,9H2,(H2,16,20);1-4,7-8,13,17-19H,5-6,9H2,(H2,16,20). The zero-order chi connectivity index (χ0) is 31.9. The number of carbonyl (C=O) groups excluding carboxylic acids is 2. The van der Waals surface area contributed by atoms with Crippen molar-refractivity contribution in [3.8, 4) is 23.0 Å². The molecule has 2 amide bonds. The molecule has 2 aromatic heterocycles.